The van der Waals surface area contributed by atoms with Gasteiger partial charge in [-0.2, -0.15) is 5.26 Å². The summed E-state index contributed by atoms with van der Waals surface area (Å²) in [5.74, 6) is -0.391. The van der Waals surface area contributed by atoms with Gasteiger partial charge in [0.2, 0.25) is 11.8 Å². The van der Waals surface area contributed by atoms with E-state index in [0.29, 0.717) is 26.9 Å². The maximum absolute atomic E-state index is 14.2. The topological polar surface area (TPSA) is 110 Å². The molecule has 1 aromatic heterocycles. The van der Waals surface area contributed by atoms with Gasteiger partial charge in [-0.1, -0.05) is 47.5 Å². The maximum Gasteiger partial charge on any atom is 0.344 e. The Morgan fingerprint density at radius 2 is 1.88 bits per heavy atom. The number of hydrogen-bond donors (Lipinski definition) is 1. The van der Waals surface area contributed by atoms with Crippen LogP contribution in [-0.4, -0.2) is 5.91 Å². The molecule has 3 aromatic rings. The van der Waals surface area contributed by atoms with E-state index >= 15 is 0 Å². The third kappa shape index (κ3) is 2.88. The van der Waals surface area contributed by atoms with Crippen molar-refractivity contribution in [1.29, 1.82) is 5.26 Å². The number of rotatable bonds is 2. The summed E-state index contributed by atoms with van der Waals surface area (Å²) in [6, 6.07) is 15.5. The maximum atomic E-state index is 14.2. The van der Waals surface area contributed by atoms with Crippen LogP contribution in [0.3, 0.4) is 0 Å². The standard InChI is InChI=1S/C24H15Cl2N3O4/c1-12-8-19-20(22(30)32-12)24(15(10-27)21(28)33-19)14-4-2-3-5-18(14)29(23(24)31)11-13-6-7-16(25)17(26)9-13/h2-9H,11,28H2,1H3/t24-/m1/s1. The van der Waals surface area contributed by atoms with Gasteiger partial charge in [0.25, 0.3) is 0 Å². The fraction of sp³-hybridized carbons (Fsp3) is 0.125. The number of carbonyl (C=O) groups excluding carboxylic acids is 1. The zero-order chi connectivity index (χ0) is 23.5. The Morgan fingerprint density at radius 3 is 2.61 bits per heavy atom. The number of hydrogen-bond acceptors (Lipinski definition) is 6. The van der Waals surface area contributed by atoms with Crippen LogP contribution in [-0.2, 0) is 16.8 Å². The lowest BCUT2D eigenvalue weighted by atomic mass is 9.69. The Kier molecular flexibility index (Phi) is 4.74. The predicted octanol–water partition coefficient (Wildman–Crippen LogP) is 4.17. The van der Waals surface area contributed by atoms with Crippen molar-refractivity contribution in [3.63, 3.8) is 0 Å². The monoisotopic (exact) mass is 479 g/mol. The number of benzene rings is 2. The van der Waals surface area contributed by atoms with Crippen molar-refractivity contribution >= 4 is 34.8 Å². The Balaban J connectivity index is 1.80. The van der Waals surface area contributed by atoms with Crippen LogP contribution in [0.25, 0.3) is 0 Å². The molecule has 0 unspecified atom stereocenters. The van der Waals surface area contributed by atoms with Crippen LogP contribution in [0, 0.1) is 18.3 Å². The molecule has 0 saturated carbocycles. The smallest absolute Gasteiger partial charge is 0.344 e. The van der Waals surface area contributed by atoms with Crippen molar-refractivity contribution in [2.45, 2.75) is 18.9 Å². The summed E-state index contributed by atoms with van der Waals surface area (Å²) in [5.41, 5.74) is 4.98. The van der Waals surface area contributed by atoms with Crippen molar-refractivity contribution in [3.8, 4) is 11.8 Å². The van der Waals surface area contributed by atoms with E-state index in [4.69, 9.17) is 38.1 Å². The van der Waals surface area contributed by atoms with Crippen LogP contribution >= 0.6 is 23.2 Å². The molecular formula is C24H15Cl2N3O4. The molecule has 2 aromatic carbocycles. The highest BCUT2D eigenvalue weighted by Crippen LogP contribution is 2.54. The SMILES string of the molecule is Cc1cc2c(c(=O)o1)[C@]1(C(=O)N(Cc3ccc(Cl)c(Cl)c3)c3ccccc31)C(C#N)=C(N)O2. The molecule has 0 saturated heterocycles. The second kappa shape index (κ2) is 7.41. The van der Waals surface area contributed by atoms with Crippen molar-refractivity contribution < 1.29 is 13.9 Å². The lowest BCUT2D eigenvalue weighted by molar-refractivity contribution is -0.121. The van der Waals surface area contributed by atoms with Gasteiger partial charge in [0.1, 0.15) is 28.7 Å². The highest BCUT2D eigenvalue weighted by Gasteiger charge is 2.60. The summed E-state index contributed by atoms with van der Waals surface area (Å²) < 4.78 is 10.9. The van der Waals surface area contributed by atoms with E-state index in [0.717, 1.165) is 0 Å². The average Bonchev–Trinajstić information content (AvgIpc) is 2.99. The molecule has 1 spiro atoms. The van der Waals surface area contributed by atoms with Crippen LogP contribution in [0.5, 0.6) is 5.75 Å². The molecule has 5 rings (SSSR count). The van der Waals surface area contributed by atoms with Gasteiger partial charge < -0.3 is 19.8 Å². The molecule has 2 aliphatic heterocycles. The fourth-order valence-corrected chi connectivity index (χ4v) is 4.86. The number of carbonyl (C=O) groups is 1. The normalized spacial score (nSPS) is 18.7. The van der Waals surface area contributed by atoms with Gasteiger partial charge in [0.05, 0.1) is 16.6 Å². The summed E-state index contributed by atoms with van der Waals surface area (Å²) in [5, 5.41) is 10.8. The van der Waals surface area contributed by atoms with Gasteiger partial charge in [0, 0.05) is 17.3 Å². The third-order valence-electron chi connectivity index (χ3n) is 5.86. The summed E-state index contributed by atoms with van der Waals surface area (Å²) in [6.07, 6.45) is 0. The molecular weight excluding hydrogens is 465 g/mol. The molecule has 33 heavy (non-hydrogen) atoms. The average molecular weight is 480 g/mol. The van der Waals surface area contributed by atoms with E-state index < -0.39 is 16.9 Å². The highest BCUT2D eigenvalue weighted by atomic mass is 35.5. The molecule has 9 heteroatoms. The highest BCUT2D eigenvalue weighted by molar-refractivity contribution is 6.42. The second-order valence-corrected chi connectivity index (χ2v) is 8.56. The molecule has 0 bridgehead atoms. The summed E-state index contributed by atoms with van der Waals surface area (Å²) in [7, 11) is 0. The van der Waals surface area contributed by atoms with E-state index in [9.17, 15) is 14.9 Å². The molecule has 0 aliphatic carbocycles. The quantitative estimate of drug-likeness (QED) is 0.590. The number of amides is 1. The van der Waals surface area contributed by atoms with Crippen LogP contribution in [0.2, 0.25) is 10.0 Å². The number of nitrogens with two attached hydrogens (primary N) is 1. The molecule has 7 nitrogen and oxygen atoms in total. The van der Waals surface area contributed by atoms with Crippen molar-refractivity contribution in [3.05, 3.63) is 103 Å². The van der Waals surface area contributed by atoms with Crippen LogP contribution in [0.4, 0.5) is 5.69 Å². The molecule has 1 amide bonds. The first kappa shape index (κ1) is 21.1. The Labute approximate surface area is 198 Å². The largest absolute Gasteiger partial charge is 0.440 e. The third-order valence-corrected chi connectivity index (χ3v) is 6.60. The van der Waals surface area contributed by atoms with E-state index in [2.05, 4.69) is 0 Å². The van der Waals surface area contributed by atoms with Gasteiger partial charge >= 0.3 is 5.63 Å². The summed E-state index contributed by atoms with van der Waals surface area (Å²) in [4.78, 5) is 28.8. The molecule has 3 heterocycles. The van der Waals surface area contributed by atoms with Crippen molar-refractivity contribution in [2.24, 2.45) is 5.73 Å². The molecule has 164 valence electrons. The number of fused-ring (bicyclic) bond motifs is 4. The first-order valence-corrected chi connectivity index (χ1v) is 10.6. The van der Waals surface area contributed by atoms with Gasteiger partial charge in [0.15, 0.2) is 5.41 Å². The zero-order valence-electron chi connectivity index (χ0n) is 17.2. The summed E-state index contributed by atoms with van der Waals surface area (Å²) >= 11 is 12.2. The lowest BCUT2D eigenvalue weighted by Crippen LogP contribution is -2.48. The van der Waals surface area contributed by atoms with Gasteiger partial charge in [-0.3, -0.25) is 4.79 Å². The van der Waals surface area contributed by atoms with E-state index in [1.165, 1.54) is 11.0 Å². The number of nitrogens with zero attached hydrogens (tertiary/aromatic N) is 2. The first-order chi connectivity index (χ1) is 15.8. The molecule has 0 fully saturated rings. The van der Waals surface area contributed by atoms with Gasteiger partial charge in [-0.15, -0.1) is 0 Å². The Hall–Kier alpha value is -3.73. The molecule has 2 N–H and O–H groups in total. The molecule has 1 atom stereocenters. The Morgan fingerprint density at radius 1 is 1.12 bits per heavy atom. The van der Waals surface area contributed by atoms with Gasteiger partial charge in [-0.05, 0) is 30.7 Å². The number of para-hydroxylation sites is 1. The number of ether oxygens (including phenoxy) is 1. The predicted molar refractivity (Wildman–Crippen MR) is 122 cm³/mol. The number of nitriles is 1. The summed E-state index contributed by atoms with van der Waals surface area (Å²) in [6.45, 7) is 1.71. The minimum atomic E-state index is -1.80. The number of halogens is 2. The first-order valence-electron chi connectivity index (χ1n) is 9.87. The van der Waals surface area contributed by atoms with E-state index in [1.54, 1.807) is 49.4 Å². The zero-order valence-corrected chi connectivity index (χ0v) is 18.7. The van der Waals surface area contributed by atoms with Crippen molar-refractivity contribution in [1.82, 2.24) is 0 Å². The Bertz CT molecular complexity index is 1490. The minimum Gasteiger partial charge on any atom is -0.440 e. The number of anilines is 1. The van der Waals surface area contributed by atoms with E-state index in [-0.39, 0.29) is 35.1 Å². The lowest BCUT2D eigenvalue weighted by Gasteiger charge is -2.33. The van der Waals surface area contributed by atoms with Crippen LogP contribution < -0.4 is 21.0 Å². The van der Waals surface area contributed by atoms with E-state index in [1.807, 2.05) is 6.07 Å². The number of aryl methyl sites for hydroxylation is 1. The van der Waals surface area contributed by atoms with Crippen molar-refractivity contribution in [2.75, 3.05) is 4.90 Å². The minimum absolute atomic E-state index is 0.0760. The fourth-order valence-electron chi connectivity index (χ4n) is 4.53. The van der Waals surface area contributed by atoms with Crippen LogP contribution in [0.1, 0.15) is 22.5 Å². The van der Waals surface area contributed by atoms with Gasteiger partial charge in [-0.25, -0.2) is 4.79 Å². The molecule has 2 aliphatic rings. The van der Waals surface area contributed by atoms with Crippen LogP contribution in [0.15, 0.2) is 69.2 Å². The molecule has 0 radical (unpaired) electrons. The second-order valence-electron chi connectivity index (χ2n) is 7.74.